The molecule has 8 heteroatoms. The summed E-state index contributed by atoms with van der Waals surface area (Å²) in [5, 5.41) is 18.3. The van der Waals surface area contributed by atoms with Crippen LogP contribution in [0.2, 0.25) is 0 Å². The van der Waals surface area contributed by atoms with Crippen molar-refractivity contribution in [1.29, 1.82) is 0 Å². The van der Waals surface area contributed by atoms with Gasteiger partial charge in [0.2, 0.25) is 5.52 Å². The maximum atomic E-state index is 10.9. The van der Waals surface area contributed by atoms with Crippen LogP contribution in [0.25, 0.3) is 11.0 Å². The summed E-state index contributed by atoms with van der Waals surface area (Å²) in [7, 11) is 5.87. The summed E-state index contributed by atoms with van der Waals surface area (Å²) in [6.07, 6.45) is 0. The number of nitrogens with zero attached hydrogens (tertiary/aromatic N) is 5. The normalized spacial score (nSPS) is 11.2. The predicted molar refractivity (Wildman–Crippen MR) is 70.3 cm³/mol. The van der Waals surface area contributed by atoms with E-state index in [0.717, 1.165) is 18.8 Å². The minimum Gasteiger partial charge on any atom is -0.371 e. The van der Waals surface area contributed by atoms with Gasteiger partial charge in [-0.1, -0.05) is 0 Å². The van der Waals surface area contributed by atoms with Crippen molar-refractivity contribution in [1.82, 2.24) is 15.2 Å². The molecule has 0 atom stereocenters. The van der Waals surface area contributed by atoms with Gasteiger partial charge in [-0.25, -0.2) is 4.63 Å². The average Bonchev–Trinajstić information content (AvgIpc) is 2.83. The van der Waals surface area contributed by atoms with Crippen LogP contribution < -0.4 is 4.90 Å². The Balaban J connectivity index is 2.37. The lowest BCUT2D eigenvalue weighted by Crippen LogP contribution is -2.28. The fourth-order valence-corrected chi connectivity index (χ4v) is 1.77. The zero-order chi connectivity index (χ0) is 14.0. The first-order valence-corrected chi connectivity index (χ1v) is 5.76. The van der Waals surface area contributed by atoms with E-state index in [0.29, 0.717) is 5.52 Å². The molecule has 0 fully saturated rings. The largest absolute Gasteiger partial charge is 0.371 e. The Labute approximate surface area is 109 Å². The molecule has 8 nitrogen and oxygen atoms in total. The number of nitro benzene ring substituents is 1. The first-order valence-electron chi connectivity index (χ1n) is 5.76. The number of fused-ring (bicyclic) bond motifs is 1. The summed E-state index contributed by atoms with van der Waals surface area (Å²) in [6.45, 7) is 1.63. The molecule has 0 bridgehead atoms. The smallest absolute Gasteiger partial charge is 0.300 e. The van der Waals surface area contributed by atoms with Gasteiger partial charge in [-0.15, -0.1) is 0 Å². The predicted octanol–water partition coefficient (Wildman–Crippen LogP) is 1.13. The van der Waals surface area contributed by atoms with Gasteiger partial charge in [0.1, 0.15) is 0 Å². The van der Waals surface area contributed by atoms with Crippen molar-refractivity contribution in [3.8, 4) is 0 Å². The Morgan fingerprint density at radius 2 is 1.89 bits per heavy atom. The van der Waals surface area contributed by atoms with E-state index in [2.05, 4.69) is 19.8 Å². The lowest BCUT2D eigenvalue weighted by molar-refractivity contribution is -0.383. The maximum absolute atomic E-state index is 10.9. The number of anilines is 1. The topological polar surface area (TPSA) is 88.5 Å². The third kappa shape index (κ3) is 2.63. The van der Waals surface area contributed by atoms with Crippen LogP contribution in [0.15, 0.2) is 16.8 Å². The van der Waals surface area contributed by atoms with Crippen LogP contribution in [0, 0.1) is 10.1 Å². The summed E-state index contributed by atoms with van der Waals surface area (Å²) < 4.78 is 4.63. The van der Waals surface area contributed by atoms with E-state index in [-0.39, 0.29) is 11.2 Å². The maximum Gasteiger partial charge on any atom is 0.300 e. The molecule has 0 spiro atoms. The number of non-ortho nitro benzene ring substituents is 1. The SMILES string of the molecule is CN(C)CCN(C)c1ccc([N+](=O)[O-])c2nonc12. The average molecular weight is 265 g/mol. The van der Waals surface area contributed by atoms with Crippen molar-refractivity contribution in [2.45, 2.75) is 0 Å². The molecule has 2 aromatic rings. The molecule has 0 saturated carbocycles. The Kier molecular flexibility index (Phi) is 3.61. The molecule has 102 valence electrons. The van der Waals surface area contributed by atoms with E-state index in [1.165, 1.54) is 6.07 Å². The first kappa shape index (κ1) is 13.2. The van der Waals surface area contributed by atoms with Gasteiger partial charge < -0.3 is 9.80 Å². The van der Waals surface area contributed by atoms with Crippen LogP contribution >= 0.6 is 0 Å². The van der Waals surface area contributed by atoms with Gasteiger partial charge in [-0.2, -0.15) is 0 Å². The van der Waals surface area contributed by atoms with E-state index >= 15 is 0 Å². The summed E-state index contributed by atoms with van der Waals surface area (Å²) in [4.78, 5) is 14.4. The van der Waals surface area contributed by atoms with Gasteiger partial charge in [-0.3, -0.25) is 10.1 Å². The van der Waals surface area contributed by atoms with Gasteiger partial charge in [-0.05, 0) is 30.5 Å². The van der Waals surface area contributed by atoms with Crippen LogP contribution in [0.4, 0.5) is 11.4 Å². The standard InChI is InChI=1S/C11H15N5O3/c1-14(2)6-7-15(3)8-4-5-9(16(17)18)11-10(8)12-19-13-11/h4-5H,6-7H2,1-3H3. The minimum absolute atomic E-state index is 0.0963. The van der Waals surface area contributed by atoms with Crippen molar-refractivity contribution >= 4 is 22.4 Å². The van der Waals surface area contributed by atoms with Gasteiger partial charge in [0.15, 0.2) is 5.52 Å². The van der Waals surface area contributed by atoms with E-state index in [1.54, 1.807) is 6.07 Å². The van der Waals surface area contributed by atoms with E-state index in [4.69, 9.17) is 0 Å². The summed E-state index contributed by atoms with van der Waals surface area (Å²) >= 11 is 0. The van der Waals surface area contributed by atoms with Crippen LogP contribution in [0.5, 0.6) is 0 Å². The molecule has 19 heavy (non-hydrogen) atoms. The summed E-state index contributed by atoms with van der Waals surface area (Å²) in [5.74, 6) is 0. The number of rotatable bonds is 5. The highest BCUT2D eigenvalue weighted by Gasteiger charge is 2.21. The zero-order valence-corrected chi connectivity index (χ0v) is 11.0. The molecule has 2 rings (SSSR count). The molecule has 0 amide bonds. The van der Waals surface area contributed by atoms with Gasteiger partial charge in [0.05, 0.1) is 10.6 Å². The van der Waals surface area contributed by atoms with Crippen LogP contribution in [-0.4, -0.2) is 54.4 Å². The highest BCUT2D eigenvalue weighted by atomic mass is 16.6. The monoisotopic (exact) mass is 265 g/mol. The van der Waals surface area contributed by atoms with Gasteiger partial charge in [0, 0.05) is 26.2 Å². The molecule has 1 aromatic carbocycles. The highest BCUT2D eigenvalue weighted by molar-refractivity contribution is 5.93. The highest BCUT2D eigenvalue weighted by Crippen LogP contribution is 2.30. The second-order valence-electron chi connectivity index (χ2n) is 4.55. The third-order valence-corrected chi connectivity index (χ3v) is 2.86. The second-order valence-corrected chi connectivity index (χ2v) is 4.55. The van der Waals surface area contributed by atoms with E-state index in [1.807, 2.05) is 26.0 Å². The van der Waals surface area contributed by atoms with Crippen LogP contribution in [0.1, 0.15) is 0 Å². The molecule has 1 aromatic heterocycles. The first-order chi connectivity index (χ1) is 9.00. The van der Waals surface area contributed by atoms with Crippen molar-refractivity contribution in [3.63, 3.8) is 0 Å². The molecular weight excluding hydrogens is 250 g/mol. The molecular formula is C11H15N5O3. The Hall–Kier alpha value is -2.22. The number of hydrogen-bond donors (Lipinski definition) is 0. The van der Waals surface area contributed by atoms with Crippen molar-refractivity contribution in [2.75, 3.05) is 39.1 Å². The summed E-state index contributed by atoms with van der Waals surface area (Å²) in [5.41, 5.74) is 1.26. The summed E-state index contributed by atoms with van der Waals surface area (Å²) in [6, 6.07) is 3.09. The molecule has 0 unspecified atom stereocenters. The lowest BCUT2D eigenvalue weighted by atomic mass is 10.2. The Morgan fingerprint density at radius 1 is 1.21 bits per heavy atom. The van der Waals surface area contributed by atoms with Crippen LogP contribution in [0.3, 0.4) is 0 Å². The molecule has 0 aliphatic rings. The van der Waals surface area contributed by atoms with Crippen molar-refractivity contribution < 1.29 is 9.55 Å². The Morgan fingerprint density at radius 3 is 2.53 bits per heavy atom. The van der Waals surface area contributed by atoms with Gasteiger partial charge in [0.25, 0.3) is 0 Å². The van der Waals surface area contributed by atoms with Crippen molar-refractivity contribution in [2.24, 2.45) is 0 Å². The fraction of sp³-hybridized carbons (Fsp3) is 0.455. The molecule has 0 radical (unpaired) electrons. The minimum atomic E-state index is -0.490. The van der Waals surface area contributed by atoms with Crippen molar-refractivity contribution in [3.05, 3.63) is 22.2 Å². The number of aromatic nitrogens is 2. The second kappa shape index (κ2) is 5.19. The third-order valence-electron chi connectivity index (χ3n) is 2.86. The molecule has 0 N–H and O–H groups in total. The number of likely N-dealkylation sites (N-methyl/N-ethyl adjacent to an activating group) is 2. The zero-order valence-electron chi connectivity index (χ0n) is 11.0. The van der Waals surface area contributed by atoms with E-state index < -0.39 is 4.92 Å². The number of nitro groups is 1. The number of hydrogen-bond acceptors (Lipinski definition) is 7. The van der Waals surface area contributed by atoms with E-state index in [9.17, 15) is 10.1 Å². The number of benzene rings is 1. The van der Waals surface area contributed by atoms with Gasteiger partial charge >= 0.3 is 5.69 Å². The molecule has 1 heterocycles. The Bertz CT molecular complexity index is 595. The quantitative estimate of drug-likeness (QED) is 0.591. The molecule has 0 aliphatic heterocycles. The molecule has 0 saturated heterocycles. The fourth-order valence-electron chi connectivity index (χ4n) is 1.77. The molecule has 0 aliphatic carbocycles. The van der Waals surface area contributed by atoms with Crippen LogP contribution in [-0.2, 0) is 0 Å². The lowest BCUT2D eigenvalue weighted by Gasteiger charge is -2.21.